The number of fused-ring (bicyclic) bond motifs is 1. The van der Waals surface area contributed by atoms with Gasteiger partial charge < -0.3 is 10.1 Å². The van der Waals surface area contributed by atoms with E-state index in [1.807, 2.05) is 5.32 Å². The van der Waals surface area contributed by atoms with E-state index in [4.69, 9.17) is 27.9 Å². The molecule has 6 nitrogen and oxygen atoms in total. The molecule has 0 aliphatic carbocycles. The maximum Gasteiger partial charge on any atom is 0.350 e. The normalized spacial score (nSPS) is 10.4. The quantitative estimate of drug-likeness (QED) is 0.804. The van der Waals surface area contributed by atoms with Gasteiger partial charge in [-0.15, -0.1) is 11.3 Å². The van der Waals surface area contributed by atoms with Crippen LogP contribution in [0.15, 0.2) is 18.2 Å². The van der Waals surface area contributed by atoms with Crippen molar-refractivity contribution in [2.45, 2.75) is 6.92 Å². The van der Waals surface area contributed by atoms with Gasteiger partial charge in [0.25, 0.3) is 5.91 Å². The first kappa shape index (κ1) is 17.5. The number of benzene rings is 1. The lowest BCUT2D eigenvalue weighted by Gasteiger charge is -2.05. The molecular formula is C14H12Cl2N2O4S. The van der Waals surface area contributed by atoms with Gasteiger partial charge in [0.05, 0.1) is 5.02 Å². The molecule has 0 aliphatic heterocycles. The summed E-state index contributed by atoms with van der Waals surface area (Å²) in [5.74, 6) is -1.47. The van der Waals surface area contributed by atoms with Gasteiger partial charge in [-0.3, -0.25) is 10.1 Å². The molecule has 1 heterocycles. The summed E-state index contributed by atoms with van der Waals surface area (Å²) in [4.78, 5) is 34.8. The van der Waals surface area contributed by atoms with Crippen LogP contribution in [0.3, 0.4) is 0 Å². The number of amides is 3. The Balaban J connectivity index is 2.02. The highest BCUT2D eigenvalue weighted by atomic mass is 35.5. The Labute approximate surface area is 145 Å². The molecule has 122 valence electrons. The Kier molecular flexibility index (Phi) is 5.81. The lowest BCUT2D eigenvalue weighted by Crippen LogP contribution is -2.41. The minimum Gasteiger partial charge on any atom is -0.451 e. The Morgan fingerprint density at radius 3 is 2.70 bits per heavy atom. The lowest BCUT2D eigenvalue weighted by atomic mass is 10.2. The molecule has 2 N–H and O–H groups in total. The van der Waals surface area contributed by atoms with E-state index in [9.17, 15) is 14.4 Å². The highest BCUT2D eigenvalue weighted by Gasteiger charge is 2.20. The van der Waals surface area contributed by atoms with Gasteiger partial charge in [0.15, 0.2) is 6.61 Å². The highest BCUT2D eigenvalue weighted by molar-refractivity contribution is 7.21. The van der Waals surface area contributed by atoms with E-state index >= 15 is 0 Å². The summed E-state index contributed by atoms with van der Waals surface area (Å²) in [7, 11) is 0. The van der Waals surface area contributed by atoms with Crippen LogP contribution < -0.4 is 10.6 Å². The summed E-state index contributed by atoms with van der Waals surface area (Å²) in [6.45, 7) is 1.50. The molecule has 1 aromatic heterocycles. The number of urea groups is 1. The Bertz CT molecular complexity index is 775. The molecule has 0 bridgehead atoms. The summed E-state index contributed by atoms with van der Waals surface area (Å²) < 4.78 is 5.61. The average molecular weight is 375 g/mol. The zero-order valence-electron chi connectivity index (χ0n) is 11.9. The van der Waals surface area contributed by atoms with Crippen LogP contribution in [0.1, 0.15) is 16.6 Å². The third-order valence-electron chi connectivity index (χ3n) is 2.70. The monoisotopic (exact) mass is 374 g/mol. The summed E-state index contributed by atoms with van der Waals surface area (Å²) in [5, 5.41) is 5.86. The molecule has 2 aromatic rings. The second kappa shape index (κ2) is 7.63. The molecule has 9 heteroatoms. The molecule has 0 radical (unpaired) electrons. The number of thiophene rings is 1. The van der Waals surface area contributed by atoms with Crippen molar-refractivity contribution in [2.24, 2.45) is 0 Å². The van der Waals surface area contributed by atoms with E-state index in [0.717, 1.165) is 16.0 Å². The van der Waals surface area contributed by atoms with Crippen molar-refractivity contribution in [1.82, 2.24) is 10.6 Å². The second-order valence-electron chi connectivity index (χ2n) is 4.37. The SMILES string of the molecule is CCNC(=O)NC(=O)COC(=O)c1sc2cc(Cl)ccc2c1Cl. The molecule has 0 spiro atoms. The minimum absolute atomic E-state index is 0.176. The van der Waals surface area contributed by atoms with Gasteiger partial charge in [-0.25, -0.2) is 9.59 Å². The van der Waals surface area contributed by atoms with Crippen molar-refractivity contribution in [3.05, 3.63) is 33.1 Å². The molecule has 0 atom stereocenters. The lowest BCUT2D eigenvalue weighted by molar-refractivity contribution is -0.123. The largest absolute Gasteiger partial charge is 0.451 e. The molecule has 1 aromatic carbocycles. The van der Waals surface area contributed by atoms with Crippen molar-refractivity contribution < 1.29 is 19.1 Å². The van der Waals surface area contributed by atoms with Gasteiger partial charge in [0.2, 0.25) is 0 Å². The van der Waals surface area contributed by atoms with Gasteiger partial charge in [0.1, 0.15) is 4.88 Å². The van der Waals surface area contributed by atoms with Crippen LogP contribution in [0.2, 0.25) is 10.0 Å². The molecule has 0 unspecified atom stereocenters. The smallest absolute Gasteiger partial charge is 0.350 e. The van der Waals surface area contributed by atoms with Crippen molar-refractivity contribution in [2.75, 3.05) is 13.2 Å². The van der Waals surface area contributed by atoms with Crippen LogP contribution in [0.4, 0.5) is 4.79 Å². The molecule has 23 heavy (non-hydrogen) atoms. The first-order valence-electron chi connectivity index (χ1n) is 6.54. The maximum absolute atomic E-state index is 12.0. The van der Waals surface area contributed by atoms with Gasteiger partial charge in [-0.2, -0.15) is 0 Å². The summed E-state index contributed by atoms with van der Waals surface area (Å²) in [6, 6.07) is 4.40. The number of carbonyl (C=O) groups excluding carboxylic acids is 3. The number of halogens is 2. The number of carbonyl (C=O) groups is 3. The van der Waals surface area contributed by atoms with Gasteiger partial charge in [-0.05, 0) is 19.1 Å². The van der Waals surface area contributed by atoms with Crippen molar-refractivity contribution in [3.63, 3.8) is 0 Å². The number of rotatable bonds is 4. The van der Waals surface area contributed by atoms with E-state index in [1.165, 1.54) is 0 Å². The number of ether oxygens (including phenoxy) is 1. The fraction of sp³-hybridized carbons (Fsp3) is 0.214. The van der Waals surface area contributed by atoms with Gasteiger partial charge in [0, 0.05) is 21.7 Å². The Hall–Kier alpha value is -1.83. The van der Waals surface area contributed by atoms with Gasteiger partial charge >= 0.3 is 12.0 Å². The van der Waals surface area contributed by atoms with Crippen LogP contribution >= 0.6 is 34.5 Å². The molecule has 3 amide bonds. The fourth-order valence-corrected chi connectivity index (χ4v) is 3.41. The van der Waals surface area contributed by atoms with Crippen LogP contribution in [0.25, 0.3) is 10.1 Å². The van der Waals surface area contributed by atoms with Crippen LogP contribution in [0, 0.1) is 0 Å². The van der Waals surface area contributed by atoms with Crippen LogP contribution in [-0.2, 0) is 9.53 Å². The van der Waals surface area contributed by atoms with Crippen molar-refractivity contribution >= 4 is 62.5 Å². The van der Waals surface area contributed by atoms with E-state index in [0.29, 0.717) is 17.0 Å². The minimum atomic E-state index is -0.738. The van der Waals surface area contributed by atoms with Crippen molar-refractivity contribution in [3.8, 4) is 0 Å². The molecule has 2 rings (SSSR count). The zero-order chi connectivity index (χ0) is 17.0. The van der Waals surface area contributed by atoms with Gasteiger partial charge in [-0.1, -0.05) is 29.3 Å². The number of imide groups is 1. The number of nitrogens with one attached hydrogen (secondary N) is 2. The first-order chi connectivity index (χ1) is 10.9. The predicted molar refractivity (Wildman–Crippen MR) is 89.3 cm³/mol. The number of esters is 1. The van der Waals surface area contributed by atoms with Crippen molar-refractivity contribution in [1.29, 1.82) is 0 Å². The highest BCUT2D eigenvalue weighted by Crippen LogP contribution is 2.37. The first-order valence-corrected chi connectivity index (χ1v) is 8.12. The Morgan fingerprint density at radius 1 is 1.26 bits per heavy atom. The summed E-state index contributed by atoms with van der Waals surface area (Å²) >= 11 is 13.2. The maximum atomic E-state index is 12.0. The average Bonchev–Trinajstić information content (AvgIpc) is 2.81. The third-order valence-corrected chi connectivity index (χ3v) is 4.57. The molecule has 0 fully saturated rings. The standard InChI is InChI=1S/C14H12Cl2N2O4S/c1-2-17-14(21)18-10(19)6-22-13(20)12-11(16)8-4-3-7(15)5-9(8)23-12/h3-5H,2,6H2,1H3,(H2,17,18,19,21). The van der Waals surface area contributed by atoms with E-state index in [1.54, 1.807) is 25.1 Å². The fourth-order valence-electron chi connectivity index (χ4n) is 1.73. The van der Waals surface area contributed by atoms with Crippen LogP contribution in [0.5, 0.6) is 0 Å². The molecule has 0 aliphatic rings. The summed E-state index contributed by atoms with van der Waals surface area (Å²) in [5.41, 5.74) is 0. The molecule has 0 saturated heterocycles. The third kappa shape index (κ3) is 4.34. The predicted octanol–water partition coefficient (Wildman–Crippen LogP) is 3.21. The van der Waals surface area contributed by atoms with Crippen LogP contribution in [-0.4, -0.2) is 31.1 Å². The second-order valence-corrected chi connectivity index (χ2v) is 6.24. The number of hydrogen-bond donors (Lipinski definition) is 2. The van der Waals surface area contributed by atoms with E-state index in [2.05, 4.69) is 5.32 Å². The Morgan fingerprint density at radius 2 is 2.00 bits per heavy atom. The molecule has 0 saturated carbocycles. The number of hydrogen-bond acceptors (Lipinski definition) is 5. The zero-order valence-corrected chi connectivity index (χ0v) is 14.3. The molecular weight excluding hydrogens is 363 g/mol. The topological polar surface area (TPSA) is 84.5 Å². The van der Waals surface area contributed by atoms with E-state index in [-0.39, 0.29) is 9.90 Å². The van der Waals surface area contributed by atoms with E-state index < -0.39 is 24.5 Å². The summed E-state index contributed by atoms with van der Waals surface area (Å²) in [6.07, 6.45) is 0.